The zero-order valence-corrected chi connectivity index (χ0v) is 15.9. The van der Waals surface area contributed by atoms with Gasteiger partial charge in [-0.15, -0.1) is 0 Å². The van der Waals surface area contributed by atoms with Crippen molar-refractivity contribution in [1.29, 1.82) is 0 Å². The van der Waals surface area contributed by atoms with Crippen molar-refractivity contribution in [2.24, 2.45) is 11.8 Å². The van der Waals surface area contributed by atoms with Crippen LogP contribution in [0.25, 0.3) is 0 Å². The third kappa shape index (κ3) is 7.62. The Bertz CT molecular complexity index is 506. The number of carboxylic acid groups (broad SMARTS) is 1. The van der Waals surface area contributed by atoms with Gasteiger partial charge in [0.25, 0.3) is 0 Å². The number of hydrogen-bond acceptors (Lipinski definition) is 5. The highest BCUT2D eigenvalue weighted by molar-refractivity contribution is 5.74. The molecular weight excluding hydrogens is 328 g/mol. The molecule has 1 saturated heterocycles. The smallest absolute Gasteiger partial charge is 0.410 e. The van der Waals surface area contributed by atoms with E-state index in [2.05, 4.69) is 5.32 Å². The first-order chi connectivity index (χ1) is 11.3. The molecule has 0 radical (unpaired) electrons. The van der Waals surface area contributed by atoms with Gasteiger partial charge in [-0.1, -0.05) is 0 Å². The van der Waals surface area contributed by atoms with Gasteiger partial charge in [0.1, 0.15) is 11.2 Å². The first-order valence-corrected chi connectivity index (χ1v) is 8.46. The Morgan fingerprint density at radius 2 is 1.64 bits per heavy atom. The molecule has 8 heteroatoms. The fraction of sp³-hybridized carbons (Fsp3) is 0.824. The molecule has 0 bridgehead atoms. The standard InChI is InChI=1S/C17H30N2O6/c1-16(2,3)24-14(22)18-9-11-7-8-19(10-12(11)13(20)21)15(23)25-17(4,5)6/h11-12H,7-10H2,1-6H3,(H,18,22)(H,20,21)/t11-,12+/m0/s1. The van der Waals surface area contributed by atoms with Gasteiger partial charge in [0.15, 0.2) is 0 Å². The van der Waals surface area contributed by atoms with E-state index in [4.69, 9.17) is 9.47 Å². The Balaban J connectivity index is 2.62. The molecule has 1 heterocycles. The van der Waals surface area contributed by atoms with Crippen LogP contribution in [0, 0.1) is 11.8 Å². The van der Waals surface area contributed by atoms with E-state index in [0.717, 1.165) is 0 Å². The number of amides is 2. The molecule has 0 saturated carbocycles. The van der Waals surface area contributed by atoms with Crippen molar-refractivity contribution in [1.82, 2.24) is 10.2 Å². The van der Waals surface area contributed by atoms with Crippen molar-refractivity contribution in [2.45, 2.75) is 59.2 Å². The average Bonchev–Trinajstić information content (AvgIpc) is 2.41. The minimum absolute atomic E-state index is 0.0604. The van der Waals surface area contributed by atoms with Crippen LogP contribution >= 0.6 is 0 Å². The fourth-order valence-electron chi connectivity index (χ4n) is 2.55. The lowest BCUT2D eigenvalue weighted by Crippen LogP contribution is -2.50. The molecule has 0 aliphatic carbocycles. The molecule has 0 spiro atoms. The highest BCUT2D eigenvalue weighted by atomic mass is 16.6. The van der Waals surface area contributed by atoms with Crippen molar-refractivity contribution in [3.63, 3.8) is 0 Å². The number of ether oxygens (including phenoxy) is 2. The Morgan fingerprint density at radius 3 is 2.12 bits per heavy atom. The van der Waals surface area contributed by atoms with Crippen LogP contribution in [-0.2, 0) is 14.3 Å². The Morgan fingerprint density at radius 1 is 1.08 bits per heavy atom. The Kier molecular flexibility index (Phi) is 6.68. The lowest BCUT2D eigenvalue weighted by Gasteiger charge is -2.37. The van der Waals surface area contributed by atoms with E-state index in [0.29, 0.717) is 13.0 Å². The number of piperidine rings is 1. The van der Waals surface area contributed by atoms with Gasteiger partial charge in [-0.05, 0) is 53.9 Å². The summed E-state index contributed by atoms with van der Waals surface area (Å²) in [6.45, 7) is 11.2. The number of carboxylic acids is 1. The first-order valence-electron chi connectivity index (χ1n) is 8.46. The first kappa shape index (κ1) is 21.1. The number of rotatable bonds is 3. The number of carbonyl (C=O) groups excluding carboxylic acids is 2. The second-order valence-electron chi connectivity index (χ2n) is 8.30. The molecule has 2 amide bonds. The molecule has 144 valence electrons. The third-order valence-electron chi connectivity index (χ3n) is 3.63. The molecule has 8 nitrogen and oxygen atoms in total. The second kappa shape index (κ2) is 7.93. The molecule has 1 aliphatic rings. The average molecular weight is 358 g/mol. The molecule has 0 aromatic heterocycles. The normalized spacial score (nSPS) is 21.4. The van der Waals surface area contributed by atoms with Crippen LogP contribution in [0.2, 0.25) is 0 Å². The number of likely N-dealkylation sites (tertiary alicyclic amines) is 1. The molecular formula is C17H30N2O6. The lowest BCUT2D eigenvalue weighted by molar-refractivity contribution is -0.145. The largest absolute Gasteiger partial charge is 0.481 e. The van der Waals surface area contributed by atoms with E-state index in [1.807, 2.05) is 0 Å². The van der Waals surface area contributed by atoms with Crippen molar-refractivity contribution >= 4 is 18.2 Å². The summed E-state index contributed by atoms with van der Waals surface area (Å²) in [4.78, 5) is 36.9. The fourth-order valence-corrected chi connectivity index (χ4v) is 2.55. The van der Waals surface area contributed by atoms with Gasteiger partial charge < -0.3 is 24.8 Å². The number of nitrogens with one attached hydrogen (secondary N) is 1. The summed E-state index contributed by atoms with van der Waals surface area (Å²) in [5.41, 5.74) is -1.25. The monoisotopic (exact) mass is 358 g/mol. The summed E-state index contributed by atoms with van der Waals surface area (Å²) < 4.78 is 10.5. The quantitative estimate of drug-likeness (QED) is 0.803. The SMILES string of the molecule is CC(C)(C)OC(=O)NC[C@@H]1CCN(C(=O)OC(C)(C)C)C[C@H]1C(=O)O. The van der Waals surface area contributed by atoms with E-state index in [9.17, 15) is 19.5 Å². The number of hydrogen-bond donors (Lipinski definition) is 2. The highest BCUT2D eigenvalue weighted by Crippen LogP contribution is 2.25. The van der Waals surface area contributed by atoms with Crippen LogP contribution in [0.5, 0.6) is 0 Å². The van der Waals surface area contributed by atoms with Gasteiger partial charge in [0.2, 0.25) is 0 Å². The summed E-state index contributed by atoms with van der Waals surface area (Å²) in [5.74, 6) is -2.04. The highest BCUT2D eigenvalue weighted by Gasteiger charge is 2.37. The van der Waals surface area contributed by atoms with Crippen LogP contribution in [0.4, 0.5) is 9.59 Å². The van der Waals surface area contributed by atoms with Crippen molar-refractivity contribution in [3.8, 4) is 0 Å². The van der Waals surface area contributed by atoms with Crippen molar-refractivity contribution in [2.75, 3.05) is 19.6 Å². The molecule has 0 unspecified atom stereocenters. The van der Waals surface area contributed by atoms with Gasteiger partial charge in [-0.25, -0.2) is 9.59 Å². The summed E-state index contributed by atoms with van der Waals surface area (Å²) in [6, 6.07) is 0. The number of carbonyl (C=O) groups is 3. The molecule has 0 aromatic rings. The maximum absolute atomic E-state index is 12.1. The molecule has 25 heavy (non-hydrogen) atoms. The number of aliphatic carboxylic acids is 1. The van der Waals surface area contributed by atoms with Crippen molar-refractivity contribution < 1.29 is 29.0 Å². The Labute approximate surface area is 148 Å². The molecule has 1 aliphatic heterocycles. The number of nitrogens with zero attached hydrogens (tertiary/aromatic N) is 1. The van der Waals surface area contributed by atoms with Gasteiger partial charge in [-0.3, -0.25) is 4.79 Å². The minimum atomic E-state index is -0.996. The summed E-state index contributed by atoms with van der Waals surface area (Å²) >= 11 is 0. The second-order valence-corrected chi connectivity index (χ2v) is 8.30. The van der Waals surface area contributed by atoms with Crippen molar-refractivity contribution in [3.05, 3.63) is 0 Å². The summed E-state index contributed by atoms with van der Waals surface area (Å²) in [7, 11) is 0. The maximum atomic E-state index is 12.1. The predicted molar refractivity (Wildman–Crippen MR) is 91.3 cm³/mol. The van der Waals surface area contributed by atoms with E-state index in [-0.39, 0.29) is 19.0 Å². The molecule has 2 N–H and O–H groups in total. The molecule has 1 rings (SSSR count). The van der Waals surface area contributed by atoms with Gasteiger partial charge >= 0.3 is 18.2 Å². The van der Waals surface area contributed by atoms with E-state index in [1.165, 1.54) is 4.90 Å². The minimum Gasteiger partial charge on any atom is -0.481 e. The summed E-state index contributed by atoms with van der Waals surface area (Å²) in [5, 5.41) is 12.1. The van der Waals surface area contributed by atoms with Crippen LogP contribution in [0.1, 0.15) is 48.0 Å². The maximum Gasteiger partial charge on any atom is 0.410 e. The molecule has 0 aromatic carbocycles. The van der Waals surface area contributed by atoms with Crippen LogP contribution in [0.15, 0.2) is 0 Å². The summed E-state index contributed by atoms with van der Waals surface area (Å²) in [6.07, 6.45) is -0.630. The van der Waals surface area contributed by atoms with E-state index >= 15 is 0 Å². The molecule has 1 fully saturated rings. The Hall–Kier alpha value is -1.99. The lowest BCUT2D eigenvalue weighted by atomic mass is 9.85. The number of alkyl carbamates (subject to hydrolysis) is 1. The zero-order chi connectivity index (χ0) is 19.4. The predicted octanol–water partition coefficient (Wildman–Crippen LogP) is 2.47. The van der Waals surface area contributed by atoms with Gasteiger partial charge in [-0.2, -0.15) is 0 Å². The zero-order valence-electron chi connectivity index (χ0n) is 15.9. The molecule has 2 atom stereocenters. The van der Waals surface area contributed by atoms with Crippen LogP contribution in [0.3, 0.4) is 0 Å². The van der Waals surface area contributed by atoms with Gasteiger partial charge in [0, 0.05) is 19.6 Å². The van der Waals surface area contributed by atoms with Crippen LogP contribution < -0.4 is 5.32 Å². The topological polar surface area (TPSA) is 105 Å². The van der Waals surface area contributed by atoms with Crippen LogP contribution in [-0.4, -0.2) is 59.0 Å². The van der Waals surface area contributed by atoms with E-state index < -0.39 is 35.3 Å². The van der Waals surface area contributed by atoms with E-state index in [1.54, 1.807) is 41.5 Å². The van der Waals surface area contributed by atoms with Gasteiger partial charge in [0.05, 0.1) is 5.92 Å². The third-order valence-corrected chi connectivity index (χ3v) is 3.63.